The number of amides is 1. The Labute approximate surface area is 120 Å². The summed E-state index contributed by atoms with van der Waals surface area (Å²) in [7, 11) is 0. The molecule has 0 saturated heterocycles. The molecule has 3 aromatic rings. The van der Waals surface area contributed by atoms with Gasteiger partial charge in [0.05, 0.1) is 4.88 Å². The first kappa shape index (κ1) is 12.9. The van der Waals surface area contributed by atoms with Gasteiger partial charge in [0.1, 0.15) is 11.6 Å². The van der Waals surface area contributed by atoms with Crippen LogP contribution in [0.3, 0.4) is 0 Å². The largest absolute Gasteiger partial charge is 0.438 e. The molecule has 1 unspecified atom stereocenters. The van der Waals surface area contributed by atoms with Crippen LogP contribution in [0.1, 0.15) is 33.4 Å². The Hall–Kier alpha value is -2.14. The number of hydrogen-bond acceptors (Lipinski definition) is 4. The highest BCUT2D eigenvalue weighted by Gasteiger charge is 2.17. The van der Waals surface area contributed by atoms with Crippen molar-refractivity contribution in [3.63, 3.8) is 0 Å². The Morgan fingerprint density at radius 3 is 2.80 bits per heavy atom. The van der Waals surface area contributed by atoms with Crippen molar-refractivity contribution < 1.29 is 9.21 Å². The average molecular weight is 286 g/mol. The zero-order chi connectivity index (χ0) is 14.1. The standard InChI is InChI=1S/C15H14N2O2S/c1-9-7-8-13(20-9)14(18)16-10(2)15-17-11-5-3-4-6-12(11)19-15/h3-8,10H,1-2H3,(H,16,18). The molecule has 20 heavy (non-hydrogen) atoms. The summed E-state index contributed by atoms with van der Waals surface area (Å²) in [5, 5.41) is 2.90. The molecule has 2 aromatic heterocycles. The Morgan fingerprint density at radius 1 is 1.30 bits per heavy atom. The zero-order valence-corrected chi connectivity index (χ0v) is 12.0. The Morgan fingerprint density at radius 2 is 2.10 bits per heavy atom. The van der Waals surface area contributed by atoms with Crippen LogP contribution >= 0.6 is 11.3 Å². The maximum Gasteiger partial charge on any atom is 0.261 e. The molecule has 0 bridgehead atoms. The van der Waals surface area contributed by atoms with Crippen LogP contribution in [0.5, 0.6) is 0 Å². The third kappa shape index (κ3) is 2.44. The minimum Gasteiger partial charge on any atom is -0.438 e. The van der Waals surface area contributed by atoms with Crippen molar-refractivity contribution in [2.24, 2.45) is 0 Å². The number of nitrogens with zero attached hydrogens (tertiary/aromatic N) is 1. The second kappa shape index (κ2) is 5.09. The number of benzene rings is 1. The maximum absolute atomic E-state index is 12.1. The van der Waals surface area contributed by atoms with Crippen molar-refractivity contribution in [1.82, 2.24) is 10.3 Å². The molecule has 2 heterocycles. The average Bonchev–Trinajstić information content (AvgIpc) is 3.04. The number of fused-ring (bicyclic) bond motifs is 1. The lowest BCUT2D eigenvalue weighted by Crippen LogP contribution is -2.26. The molecule has 1 aromatic carbocycles. The molecule has 1 amide bonds. The van der Waals surface area contributed by atoms with Gasteiger partial charge in [-0.3, -0.25) is 4.79 Å². The second-order valence-electron chi connectivity index (χ2n) is 4.63. The van der Waals surface area contributed by atoms with Crippen molar-refractivity contribution >= 4 is 28.3 Å². The molecule has 0 aliphatic rings. The van der Waals surface area contributed by atoms with Crippen LogP contribution in [0.25, 0.3) is 11.1 Å². The SMILES string of the molecule is Cc1ccc(C(=O)NC(C)c2nc3ccccc3o2)s1. The number of aromatic nitrogens is 1. The number of thiophene rings is 1. The summed E-state index contributed by atoms with van der Waals surface area (Å²) >= 11 is 1.47. The van der Waals surface area contributed by atoms with Gasteiger partial charge in [0.15, 0.2) is 5.58 Å². The molecule has 0 fully saturated rings. The van der Waals surface area contributed by atoms with Crippen molar-refractivity contribution in [1.29, 1.82) is 0 Å². The number of carbonyl (C=O) groups excluding carboxylic acids is 1. The summed E-state index contributed by atoms with van der Waals surface area (Å²) in [4.78, 5) is 18.3. The molecule has 0 spiro atoms. The third-order valence-corrected chi connectivity index (χ3v) is 3.99. The molecule has 5 heteroatoms. The van der Waals surface area contributed by atoms with Crippen LogP contribution in [0.4, 0.5) is 0 Å². The van der Waals surface area contributed by atoms with Gasteiger partial charge in [-0.1, -0.05) is 12.1 Å². The van der Waals surface area contributed by atoms with E-state index in [1.54, 1.807) is 0 Å². The van der Waals surface area contributed by atoms with Crippen LogP contribution in [-0.2, 0) is 0 Å². The monoisotopic (exact) mass is 286 g/mol. The summed E-state index contributed by atoms with van der Waals surface area (Å²) in [5.41, 5.74) is 1.53. The van der Waals surface area contributed by atoms with Gasteiger partial charge in [0.25, 0.3) is 5.91 Å². The van der Waals surface area contributed by atoms with Gasteiger partial charge < -0.3 is 9.73 Å². The number of carbonyl (C=O) groups is 1. The molecule has 0 aliphatic heterocycles. The van der Waals surface area contributed by atoms with Gasteiger partial charge in [-0.25, -0.2) is 4.98 Å². The first-order valence-corrected chi connectivity index (χ1v) is 7.18. The summed E-state index contributed by atoms with van der Waals surface area (Å²) in [6.07, 6.45) is 0. The van der Waals surface area contributed by atoms with Crippen molar-refractivity contribution in [2.45, 2.75) is 19.9 Å². The van der Waals surface area contributed by atoms with Crippen molar-refractivity contribution in [3.8, 4) is 0 Å². The van der Waals surface area contributed by atoms with E-state index in [1.807, 2.05) is 50.2 Å². The molecule has 1 atom stereocenters. The predicted octanol–water partition coefficient (Wildman–Crippen LogP) is 3.69. The first-order chi connectivity index (χ1) is 9.63. The second-order valence-corrected chi connectivity index (χ2v) is 5.91. The highest BCUT2D eigenvalue weighted by atomic mass is 32.1. The van der Waals surface area contributed by atoms with Gasteiger partial charge >= 0.3 is 0 Å². The van der Waals surface area contributed by atoms with Gasteiger partial charge in [0.2, 0.25) is 5.89 Å². The van der Waals surface area contributed by atoms with Crippen LogP contribution in [-0.4, -0.2) is 10.9 Å². The summed E-state index contributed by atoms with van der Waals surface area (Å²) in [6.45, 7) is 3.84. The molecule has 0 saturated carbocycles. The van der Waals surface area contributed by atoms with Crippen molar-refractivity contribution in [3.05, 3.63) is 52.0 Å². The van der Waals surface area contributed by atoms with E-state index in [-0.39, 0.29) is 11.9 Å². The van der Waals surface area contributed by atoms with E-state index >= 15 is 0 Å². The fourth-order valence-corrected chi connectivity index (χ4v) is 2.73. The van der Waals surface area contributed by atoms with Crippen LogP contribution < -0.4 is 5.32 Å². The lowest BCUT2D eigenvalue weighted by molar-refractivity contribution is 0.0938. The van der Waals surface area contributed by atoms with Crippen LogP contribution in [0, 0.1) is 6.92 Å². The normalized spacial score (nSPS) is 12.5. The van der Waals surface area contributed by atoms with E-state index in [9.17, 15) is 4.79 Å². The quantitative estimate of drug-likeness (QED) is 0.799. The van der Waals surface area contributed by atoms with E-state index in [2.05, 4.69) is 10.3 Å². The van der Waals surface area contributed by atoms with Gasteiger partial charge in [-0.05, 0) is 38.1 Å². The minimum atomic E-state index is -0.266. The number of nitrogens with one attached hydrogen (secondary N) is 1. The van der Waals surface area contributed by atoms with Crippen LogP contribution in [0.2, 0.25) is 0 Å². The minimum absolute atomic E-state index is 0.0992. The Balaban J connectivity index is 1.78. The van der Waals surface area contributed by atoms with Crippen molar-refractivity contribution in [2.75, 3.05) is 0 Å². The molecule has 102 valence electrons. The van der Waals surface area contributed by atoms with Crippen LogP contribution in [0.15, 0.2) is 40.8 Å². The Bertz CT molecular complexity index is 727. The van der Waals surface area contributed by atoms with E-state index in [0.29, 0.717) is 10.8 Å². The highest BCUT2D eigenvalue weighted by Crippen LogP contribution is 2.21. The predicted molar refractivity (Wildman–Crippen MR) is 78.9 cm³/mol. The fourth-order valence-electron chi connectivity index (χ4n) is 1.96. The van der Waals surface area contributed by atoms with E-state index < -0.39 is 0 Å². The number of oxazole rings is 1. The summed E-state index contributed by atoms with van der Waals surface area (Å²) < 4.78 is 5.65. The lowest BCUT2D eigenvalue weighted by Gasteiger charge is -2.08. The van der Waals surface area contributed by atoms with Gasteiger partial charge in [0, 0.05) is 4.88 Å². The molecule has 1 N–H and O–H groups in total. The maximum atomic E-state index is 12.1. The molecule has 3 rings (SSSR count). The topological polar surface area (TPSA) is 55.1 Å². The Kier molecular flexibility index (Phi) is 3.28. The highest BCUT2D eigenvalue weighted by molar-refractivity contribution is 7.13. The lowest BCUT2D eigenvalue weighted by atomic mass is 10.3. The first-order valence-electron chi connectivity index (χ1n) is 6.36. The van der Waals surface area contributed by atoms with E-state index in [1.165, 1.54) is 11.3 Å². The molecule has 4 nitrogen and oxygen atoms in total. The number of aryl methyl sites for hydroxylation is 1. The number of para-hydroxylation sites is 2. The summed E-state index contributed by atoms with van der Waals surface area (Å²) in [5.74, 6) is 0.422. The van der Waals surface area contributed by atoms with E-state index in [0.717, 1.165) is 16.0 Å². The molecular formula is C15H14N2O2S. The zero-order valence-electron chi connectivity index (χ0n) is 11.2. The third-order valence-electron chi connectivity index (χ3n) is 2.99. The van der Waals surface area contributed by atoms with E-state index in [4.69, 9.17) is 4.42 Å². The summed E-state index contributed by atoms with van der Waals surface area (Å²) in [6, 6.07) is 11.1. The molecular weight excluding hydrogens is 272 g/mol. The molecule has 0 aliphatic carbocycles. The van der Waals surface area contributed by atoms with Gasteiger partial charge in [-0.15, -0.1) is 11.3 Å². The number of hydrogen-bond donors (Lipinski definition) is 1. The smallest absolute Gasteiger partial charge is 0.261 e. The van der Waals surface area contributed by atoms with Gasteiger partial charge in [-0.2, -0.15) is 0 Å². The molecule has 0 radical (unpaired) electrons. The number of rotatable bonds is 3. The fraction of sp³-hybridized carbons (Fsp3) is 0.200.